The van der Waals surface area contributed by atoms with Crippen molar-refractivity contribution in [2.75, 3.05) is 31.1 Å². The predicted molar refractivity (Wildman–Crippen MR) is 106 cm³/mol. The summed E-state index contributed by atoms with van der Waals surface area (Å²) in [6, 6.07) is 0.958. The lowest BCUT2D eigenvalue weighted by Crippen LogP contribution is -2.51. The third-order valence-corrected chi connectivity index (χ3v) is 6.11. The van der Waals surface area contributed by atoms with Crippen LogP contribution in [0.4, 0.5) is 19.3 Å². The summed E-state index contributed by atoms with van der Waals surface area (Å²) < 4.78 is 36.2. The van der Waals surface area contributed by atoms with Crippen molar-refractivity contribution < 1.29 is 27.9 Å². The summed E-state index contributed by atoms with van der Waals surface area (Å²) in [4.78, 5) is 41.4. The molecular formula is C20H22F2N6O4. The van der Waals surface area contributed by atoms with Gasteiger partial charge in [-0.15, -0.1) is 0 Å². The second kappa shape index (κ2) is 7.68. The number of carbonyl (C=O) groups is 3. The van der Waals surface area contributed by atoms with Crippen molar-refractivity contribution in [1.29, 1.82) is 0 Å². The summed E-state index contributed by atoms with van der Waals surface area (Å²) in [6.45, 7) is -0.315. The molecule has 0 radical (unpaired) electrons. The van der Waals surface area contributed by atoms with Gasteiger partial charge in [0.25, 0.3) is 5.92 Å². The molecule has 2 aliphatic heterocycles. The summed E-state index contributed by atoms with van der Waals surface area (Å²) in [5.41, 5.74) is 1.07. The van der Waals surface area contributed by atoms with Crippen LogP contribution >= 0.6 is 0 Å². The number of imidazole rings is 1. The van der Waals surface area contributed by atoms with Crippen LogP contribution in [-0.2, 0) is 14.3 Å². The van der Waals surface area contributed by atoms with Crippen LogP contribution < -0.4 is 15.5 Å². The Kier molecular flexibility index (Phi) is 4.94. The number of fused-ring (bicyclic) bond motifs is 1. The third-order valence-electron chi connectivity index (χ3n) is 6.11. The number of nitrogens with zero attached hydrogens (tertiary/aromatic N) is 4. The lowest BCUT2D eigenvalue weighted by molar-refractivity contribution is -0.148. The van der Waals surface area contributed by atoms with E-state index in [1.807, 2.05) is 0 Å². The molecule has 0 aromatic carbocycles. The number of nitrogens with one attached hydrogen (secondary N) is 2. The molecule has 10 nitrogen and oxygen atoms in total. The molecule has 170 valence electrons. The highest BCUT2D eigenvalue weighted by Gasteiger charge is 2.49. The van der Waals surface area contributed by atoms with Crippen LogP contribution in [0.15, 0.2) is 18.5 Å². The molecule has 4 heterocycles. The minimum Gasteiger partial charge on any atom is -0.465 e. The van der Waals surface area contributed by atoms with E-state index in [1.54, 1.807) is 12.3 Å². The Morgan fingerprint density at radius 3 is 2.88 bits per heavy atom. The topological polar surface area (TPSA) is 118 Å². The number of halogens is 2. The molecule has 1 saturated carbocycles. The number of ether oxygens (including phenoxy) is 1. The monoisotopic (exact) mass is 448 g/mol. The van der Waals surface area contributed by atoms with E-state index < -0.39 is 42.2 Å². The Morgan fingerprint density at radius 1 is 1.31 bits per heavy atom. The van der Waals surface area contributed by atoms with Gasteiger partial charge < -0.3 is 15.0 Å². The highest BCUT2D eigenvalue weighted by Crippen LogP contribution is 2.39. The number of hydrogen-bond donors (Lipinski definition) is 2. The van der Waals surface area contributed by atoms with Crippen molar-refractivity contribution in [2.45, 2.75) is 31.1 Å². The highest BCUT2D eigenvalue weighted by atomic mass is 19.3. The molecule has 2 aromatic heterocycles. The molecule has 3 amide bonds. The number of rotatable bonds is 6. The van der Waals surface area contributed by atoms with Crippen LogP contribution in [0.3, 0.4) is 0 Å². The van der Waals surface area contributed by atoms with Crippen LogP contribution in [0.25, 0.3) is 5.65 Å². The van der Waals surface area contributed by atoms with E-state index in [1.165, 1.54) is 15.6 Å². The van der Waals surface area contributed by atoms with Gasteiger partial charge >= 0.3 is 12.0 Å². The van der Waals surface area contributed by atoms with Crippen molar-refractivity contribution in [3.63, 3.8) is 0 Å². The molecule has 1 aliphatic carbocycles. The number of esters is 1. The first-order chi connectivity index (χ1) is 15.3. The summed E-state index contributed by atoms with van der Waals surface area (Å²) in [5, 5.41) is 9.09. The van der Waals surface area contributed by atoms with Crippen LogP contribution in [0, 0.1) is 11.8 Å². The Balaban J connectivity index is 1.38. The van der Waals surface area contributed by atoms with Gasteiger partial charge in [0.1, 0.15) is 0 Å². The molecule has 3 fully saturated rings. The fourth-order valence-electron chi connectivity index (χ4n) is 4.09. The van der Waals surface area contributed by atoms with E-state index in [0.717, 1.165) is 12.8 Å². The number of amides is 3. The van der Waals surface area contributed by atoms with Gasteiger partial charge in [-0.2, -0.15) is 5.10 Å². The number of anilines is 1. The fourth-order valence-corrected chi connectivity index (χ4v) is 4.09. The van der Waals surface area contributed by atoms with Gasteiger partial charge in [0.15, 0.2) is 5.65 Å². The maximum absolute atomic E-state index is 14.8. The van der Waals surface area contributed by atoms with Gasteiger partial charge in [0.2, 0.25) is 5.91 Å². The summed E-state index contributed by atoms with van der Waals surface area (Å²) >= 11 is 0. The SMILES string of the molecule is O=C1NCC(c2cc(N3CC(CC(=O)OCC4CC4)C(F)(F)C3)c3nccn3n2)C(=O)N1. The zero-order valence-electron chi connectivity index (χ0n) is 17.1. The number of urea groups is 1. The van der Waals surface area contributed by atoms with E-state index in [0.29, 0.717) is 29.6 Å². The average molecular weight is 448 g/mol. The maximum Gasteiger partial charge on any atom is 0.321 e. The molecule has 2 N–H and O–H groups in total. The van der Waals surface area contributed by atoms with Crippen molar-refractivity contribution in [3.05, 3.63) is 24.2 Å². The quantitative estimate of drug-likeness (QED) is 0.635. The number of aromatic nitrogens is 3. The van der Waals surface area contributed by atoms with E-state index in [2.05, 4.69) is 20.7 Å². The van der Waals surface area contributed by atoms with Crippen molar-refractivity contribution in [3.8, 4) is 0 Å². The summed E-state index contributed by atoms with van der Waals surface area (Å²) in [6.07, 6.45) is 4.69. The Labute approximate surface area is 181 Å². The second-order valence-corrected chi connectivity index (χ2v) is 8.57. The fraction of sp³-hybridized carbons (Fsp3) is 0.550. The Hall–Kier alpha value is -3.31. The van der Waals surface area contributed by atoms with Crippen LogP contribution in [0.2, 0.25) is 0 Å². The molecule has 0 spiro atoms. The van der Waals surface area contributed by atoms with E-state index in [-0.39, 0.29) is 19.5 Å². The molecule has 3 aliphatic rings. The van der Waals surface area contributed by atoms with E-state index in [9.17, 15) is 23.2 Å². The van der Waals surface area contributed by atoms with Crippen molar-refractivity contribution >= 4 is 29.2 Å². The largest absolute Gasteiger partial charge is 0.465 e. The summed E-state index contributed by atoms with van der Waals surface area (Å²) in [7, 11) is 0. The lowest BCUT2D eigenvalue weighted by atomic mass is 10.0. The second-order valence-electron chi connectivity index (χ2n) is 8.57. The first kappa shape index (κ1) is 20.6. The molecule has 2 unspecified atom stereocenters. The van der Waals surface area contributed by atoms with Crippen LogP contribution in [0.5, 0.6) is 0 Å². The van der Waals surface area contributed by atoms with Gasteiger partial charge in [-0.25, -0.2) is 23.1 Å². The normalized spacial score (nSPS) is 25.0. The molecule has 12 heteroatoms. The molecule has 2 saturated heterocycles. The molecular weight excluding hydrogens is 426 g/mol. The van der Waals surface area contributed by atoms with Gasteiger partial charge in [0, 0.05) is 25.5 Å². The average Bonchev–Trinajstić information content (AvgIpc) is 3.36. The van der Waals surface area contributed by atoms with Gasteiger partial charge in [-0.05, 0) is 24.8 Å². The summed E-state index contributed by atoms with van der Waals surface area (Å²) in [5.74, 6) is -5.83. The highest BCUT2D eigenvalue weighted by molar-refractivity contribution is 6.00. The smallest absolute Gasteiger partial charge is 0.321 e. The first-order valence-electron chi connectivity index (χ1n) is 10.5. The number of carbonyl (C=O) groups excluding carboxylic acids is 3. The Morgan fingerprint density at radius 2 is 2.12 bits per heavy atom. The lowest BCUT2D eigenvalue weighted by Gasteiger charge is -2.24. The first-order valence-corrected chi connectivity index (χ1v) is 10.5. The van der Waals surface area contributed by atoms with E-state index in [4.69, 9.17) is 4.74 Å². The third kappa shape index (κ3) is 3.96. The van der Waals surface area contributed by atoms with Crippen molar-refractivity contribution in [1.82, 2.24) is 25.2 Å². The van der Waals surface area contributed by atoms with Gasteiger partial charge in [-0.3, -0.25) is 14.9 Å². The minimum atomic E-state index is -3.10. The molecule has 5 rings (SSSR count). The zero-order chi connectivity index (χ0) is 22.5. The number of alkyl halides is 2. The van der Waals surface area contributed by atoms with Crippen LogP contribution in [0.1, 0.15) is 30.9 Å². The molecule has 32 heavy (non-hydrogen) atoms. The van der Waals surface area contributed by atoms with E-state index >= 15 is 0 Å². The maximum atomic E-state index is 14.8. The minimum absolute atomic E-state index is 0.0446. The number of imide groups is 1. The Bertz CT molecular complexity index is 1090. The van der Waals surface area contributed by atoms with Gasteiger partial charge in [-0.1, -0.05) is 0 Å². The van der Waals surface area contributed by atoms with Crippen LogP contribution in [-0.4, -0.2) is 64.7 Å². The van der Waals surface area contributed by atoms with Crippen molar-refractivity contribution in [2.24, 2.45) is 11.8 Å². The molecule has 0 bridgehead atoms. The zero-order valence-corrected chi connectivity index (χ0v) is 17.1. The predicted octanol–water partition coefficient (Wildman–Crippen LogP) is 1.07. The number of hydrogen-bond acceptors (Lipinski definition) is 7. The molecule has 2 atom stereocenters. The standard InChI is InChI=1S/C20H22F2N6O4/c21-20(22)10-27(8-12(20)5-16(29)32-9-11-1-2-11)15-6-14(26-28-4-3-23-17(15)28)13-7-24-19(31)25-18(13)30/h3-4,6,11-13H,1-2,5,7-10H2,(H2,24,25,30,31). The van der Waals surface area contributed by atoms with Gasteiger partial charge in [0.05, 0.1) is 42.8 Å². The molecule has 2 aromatic rings.